The second kappa shape index (κ2) is 13.6. The van der Waals surface area contributed by atoms with E-state index in [9.17, 15) is 28.3 Å². The summed E-state index contributed by atoms with van der Waals surface area (Å²) in [4.78, 5) is 64.6. The minimum absolute atomic E-state index is 0.0454. The van der Waals surface area contributed by atoms with Gasteiger partial charge in [-0.25, -0.2) is 33.2 Å². The molecule has 23 heteroatoms. The molecule has 1 fully saturated rings. The second-order valence-corrected chi connectivity index (χ2v) is 15.9. The summed E-state index contributed by atoms with van der Waals surface area (Å²) in [5.74, 6) is -0.643. The number of rotatable bonds is 13. The molecule has 1 aliphatic heterocycles. The number of hydrogen-bond donors (Lipinski definition) is 4. The van der Waals surface area contributed by atoms with Crippen LogP contribution in [0, 0.1) is 0 Å². The van der Waals surface area contributed by atoms with Gasteiger partial charge in [0.2, 0.25) is 0 Å². The van der Waals surface area contributed by atoms with E-state index in [2.05, 4.69) is 28.1 Å². The average molecular weight is 700 g/mol. The van der Waals surface area contributed by atoms with Gasteiger partial charge in [0.05, 0.1) is 18.5 Å². The van der Waals surface area contributed by atoms with Crippen LogP contribution in [0.4, 0.5) is 5.82 Å². The Hall–Kier alpha value is -1.89. The molecule has 0 spiro atoms. The number of ether oxygens (including phenoxy) is 2. The molecule has 1 aliphatic rings. The van der Waals surface area contributed by atoms with Gasteiger partial charge in [0.25, 0.3) is 7.82 Å². The van der Waals surface area contributed by atoms with Crippen molar-refractivity contribution >= 4 is 68.0 Å². The van der Waals surface area contributed by atoms with Crippen molar-refractivity contribution in [1.29, 1.82) is 0 Å². The van der Waals surface area contributed by atoms with E-state index in [4.69, 9.17) is 25.0 Å². The van der Waals surface area contributed by atoms with E-state index in [0.717, 1.165) is 0 Å². The molecule has 4 rings (SSSR count). The second-order valence-electron chi connectivity index (χ2n) is 8.75. The molecular formula is C20H25N5O13P3S2-. The Morgan fingerprint density at radius 1 is 1.21 bits per heavy atom. The van der Waals surface area contributed by atoms with Gasteiger partial charge < -0.3 is 39.3 Å². The number of fused-ring (bicyclic) bond motifs is 1. The zero-order valence-electron chi connectivity index (χ0n) is 22.1. The Labute approximate surface area is 251 Å². The number of phosphoric ester groups is 1. The van der Waals surface area contributed by atoms with Gasteiger partial charge in [0.15, 0.2) is 11.5 Å². The van der Waals surface area contributed by atoms with E-state index < -0.39 is 54.5 Å². The monoisotopic (exact) mass is 700 g/mol. The van der Waals surface area contributed by atoms with Crippen LogP contribution in [-0.4, -0.2) is 65.2 Å². The summed E-state index contributed by atoms with van der Waals surface area (Å²) in [5, 5.41) is -0.0825. The maximum atomic E-state index is 13.4. The zero-order valence-corrected chi connectivity index (χ0v) is 26.5. The lowest BCUT2D eigenvalue weighted by atomic mass is 10.0. The number of phosphoric acid groups is 3. The van der Waals surface area contributed by atoms with Crippen LogP contribution in [0.25, 0.3) is 11.2 Å². The van der Waals surface area contributed by atoms with Crippen molar-refractivity contribution in [2.45, 2.75) is 37.0 Å². The predicted molar refractivity (Wildman–Crippen MR) is 151 cm³/mol. The van der Waals surface area contributed by atoms with Crippen LogP contribution < -0.4 is 10.6 Å². The summed E-state index contributed by atoms with van der Waals surface area (Å²) in [6.45, 7) is 1.01. The molecule has 0 radical (unpaired) electrons. The van der Waals surface area contributed by atoms with E-state index in [0.29, 0.717) is 5.56 Å². The number of carbonyl (C=O) groups is 1. The van der Waals surface area contributed by atoms with E-state index in [1.807, 2.05) is 13.2 Å². The number of benzene rings is 1. The summed E-state index contributed by atoms with van der Waals surface area (Å²) in [7, 11) is -14.1. The molecule has 6 atom stereocenters. The molecule has 0 saturated carbocycles. The number of hydrogen-bond acceptors (Lipinski definition) is 16. The lowest BCUT2D eigenvalue weighted by Gasteiger charge is -2.27. The Bertz CT molecular complexity index is 1620. The first-order valence-electron chi connectivity index (χ1n) is 11.9. The summed E-state index contributed by atoms with van der Waals surface area (Å²) in [5.41, 5.74) is 7.35. The molecule has 43 heavy (non-hydrogen) atoms. The summed E-state index contributed by atoms with van der Waals surface area (Å²) >= 11 is 0. The van der Waals surface area contributed by atoms with Gasteiger partial charge in [-0.15, -0.1) is 0 Å². The minimum atomic E-state index is -5.81. The molecule has 3 aromatic rings. The molecule has 0 aliphatic carbocycles. The van der Waals surface area contributed by atoms with E-state index >= 15 is 0 Å². The van der Waals surface area contributed by atoms with E-state index in [1.54, 1.807) is 24.3 Å². The van der Waals surface area contributed by atoms with Crippen molar-refractivity contribution in [3.63, 3.8) is 0 Å². The van der Waals surface area contributed by atoms with Crippen LogP contribution >= 0.6 is 45.1 Å². The maximum absolute atomic E-state index is 13.4. The van der Waals surface area contributed by atoms with Gasteiger partial charge in [-0.05, 0) is 24.8 Å². The molecule has 236 valence electrons. The van der Waals surface area contributed by atoms with Crippen LogP contribution in [0.5, 0.6) is 0 Å². The van der Waals surface area contributed by atoms with Gasteiger partial charge in [-0.2, -0.15) is 4.31 Å². The van der Waals surface area contributed by atoms with Crippen molar-refractivity contribution in [3.05, 3.63) is 48.0 Å². The molecule has 1 saturated heterocycles. The van der Waals surface area contributed by atoms with E-state index in [-0.39, 0.29) is 34.2 Å². The fourth-order valence-electron chi connectivity index (χ4n) is 4.12. The van der Waals surface area contributed by atoms with Crippen molar-refractivity contribution in [2.75, 3.05) is 18.6 Å². The van der Waals surface area contributed by atoms with Crippen LogP contribution in [0.1, 0.15) is 40.7 Å². The first-order valence-corrected chi connectivity index (χ1v) is 19.0. The third-order valence-electron chi connectivity index (χ3n) is 5.81. The smallest absolute Gasteiger partial charge is 0.487 e. The Morgan fingerprint density at radius 3 is 2.63 bits per heavy atom. The van der Waals surface area contributed by atoms with Crippen LogP contribution in [-0.2, 0) is 36.3 Å². The first kappa shape index (κ1) is 34.0. The normalized spacial score (nSPS) is 22.6. The van der Waals surface area contributed by atoms with Crippen molar-refractivity contribution in [2.24, 2.45) is 0 Å². The van der Waals surface area contributed by atoms with Crippen LogP contribution in [0.3, 0.4) is 0 Å². The topological polar surface area (TPSA) is 268 Å². The molecule has 3 unspecified atom stereocenters. The van der Waals surface area contributed by atoms with Gasteiger partial charge in [-0.3, -0.25) is 9.13 Å². The fraction of sp³-hybridized carbons (Fsp3) is 0.400. The zero-order chi connectivity index (χ0) is 31.6. The summed E-state index contributed by atoms with van der Waals surface area (Å²) in [6, 6.07) is 6.79. The maximum Gasteiger partial charge on any atom is 0.487 e. The number of carbonyl (C=O) groups excluding carboxylic acids is 1. The lowest BCUT2D eigenvalue weighted by Crippen LogP contribution is -2.32. The SMILES string of the molecule is CSSC(C)c1ccccc1C(=O)O[C@@H]1C[C@H](n2cnc3c(N)ncnc32)O[C@@H]1COP(=O)([O-])OP(=O)(O)OP(=O)(O)O. The third kappa shape index (κ3) is 8.85. The lowest BCUT2D eigenvalue weighted by molar-refractivity contribution is -0.221. The summed E-state index contributed by atoms with van der Waals surface area (Å²) < 4.78 is 60.0. The minimum Gasteiger partial charge on any atom is -0.756 e. The molecule has 3 heterocycles. The number of nitrogens with zero attached hydrogens (tertiary/aromatic N) is 4. The highest BCUT2D eigenvalue weighted by atomic mass is 33.1. The summed E-state index contributed by atoms with van der Waals surface area (Å²) in [6.07, 6.45) is 1.03. The first-order chi connectivity index (χ1) is 20.1. The van der Waals surface area contributed by atoms with Gasteiger partial charge >= 0.3 is 21.6 Å². The molecule has 1 aromatic carbocycles. The van der Waals surface area contributed by atoms with Crippen molar-refractivity contribution in [3.8, 4) is 0 Å². The average Bonchev–Trinajstić information content (AvgIpc) is 3.50. The number of nitrogens with two attached hydrogens (primary N) is 1. The standard InChI is InChI=1S/C20H26N5O13P3S2/c1-11(43-42-2)12-5-3-4-6-13(12)20(26)36-14-7-16(25-10-24-17-18(21)22-9-23-19(17)25)35-15(14)8-34-40(30,31)38-41(32,33)37-39(27,28)29/h3-6,9-11,14-16H,7-8H2,1-2H3,(H,30,31)(H,32,33)(H2,21,22,23)(H2,27,28,29)/p-1/t11?,14-,15-,16-/m1/s1. The largest absolute Gasteiger partial charge is 0.756 e. The Kier molecular flexibility index (Phi) is 10.8. The number of nitrogen functional groups attached to an aromatic ring is 1. The Morgan fingerprint density at radius 2 is 1.93 bits per heavy atom. The van der Waals surface area contributed by atoms with Crippen molar-refractivity contribution in [1.82, 2.24) is 19.5 Å². The van der Waals surface area contributed by atoms with Crippen LogP contribution in [0.2, 0.25) is 0 Å². The van der Waals surface area contributed by atoms with Crippen LogP contribution in [0.15, 0.2) is 36.9 Å². The highest BCUT2D eigenvalue weighted by molar-refractivity contribution is 8.76. The molecular weight excluding hydrogens is 675 g/mol. The van der Waals surface area contributed by atoms with Gasteiger partial charge in [-0.1, -0.05) is 39.8 Å². The quantitative estimate of drug-likeness (QED) is 0.113. The molecule has 0 amide bonds. The fourth-order valence-corrected chi connectivity index (χ4v) is 8.89. The number of anilines is 1. The van der Waals surface area contributed by atoms with Crippen molar-refractivity contribution < 1.29 is 60.7 Å². The van der Waals surface area contributed by atoms with Gasteiger partial charge in [0, 0.05) is 11.7 Å². The van der Waals surface area contributed by atoms with E-state index in [1.165, 1.54) is 38.8 Å². The molecule has 0 bridgehead atoms. The number of esters is 1. The number of aromatic nitrogens is 4. The highest BCUT2D eigenvalue weighted by Gasteiger charge is 2.42. The molecule has 18 nitrogen and oxygen atoms in total. The molecule has 2 aromatic heterocycles. The number of imidazole rings is 1. The molecule has 5 N–H and O–H groups in total. The third-order valence-corrected chi connectivity index (χ3v) is 11.8. The predicted octanol–water partition coefficient (Wildman–Crippen LogP) is 2.71. The highest BCUT2D eigenvalue weighted by Crippen LogP contribution is 2.65. The van der Waals surface area contributed by atoms with Gasteiger partial charge in [0.1, 0.15) is 30.3 Å². The Balaban J connectivity index is 1.57.